The van der Waals surface area contributed by atoms with Gasteiger partial charge in [-0.2, -0.15) is 0 Å². The van der Waals surface area contributed by atoms with Crippen molar-refractivity contribution in [2.24, 2.45) is 5.92 Å². The quantitative estimate of drug-likeness (QED) is 0.599. The molecule has 0 radical (unpaired) electrons. The second kappa shape index (κ2) is 3.94. The Kier molecular flexibility index (Phi) is 3.16. The minimum Gasteiger partial charge on any atom is -0.393 e. The Morgan fingerprint density at radius 3 is 2.90 bits per heavy atom. The Labute approximate surface area is 62.2 Å². The molecule has 10 heavy (non-hydrogen) atoms. The van der Waals surface area contributed by atoms with Crippen LogP contribution in [0.3, 0.4) is 0 Å². The van der Waals surface area contributed by atoms with Crippen molar-refractivity contribution in [3.63, 3.8) is 0 Å². The van der Waals surface area contributed by atoms with Gasteiger partial charge < -0.3 is 9.84 Å². The first-order valence-electron chi connectivity index (χ1n) is 4.06. The molecule has 1 aliphatic rings. The molecule has 2 nitrogen and oxygen atoms in total. The van der Waals surface area contributed by atoms with Crippen molar-refractivity contribution in [2.75, 3.05) is 13.2 Å². The second-order valence-corrected chi connectivity index (χ2v) is 3.04. The monoisotopic (exact) mass is 144 g/mol. The van der Waals surface area contributed by atoms with Crippen molar-refractivity contribution in [2.45, 2.75) is 32.3 Å². The summed E-state index contributed by atoms with van der Waals surface area (Å²) in [4.78, 5) is 0. The van der Waals surface area contributed by atoms with E-state index >= 15 is 0 Å². The molecule has 2 atom stereocenters. The predicted molar refractivity (Wildman–Crippen MR) is 39.8 cm³/mol. The summed E-state index contributed by atoms with van der Waals surface area (Å²) >= 11 is 0. The maximum Gasteiger partial charge on any atom is 0.0541 e. The molecule has 0 amide bonds. The molecule has 0 aromatic carbocycles. The van der Waals surface area contributed by atoms with E-state index in [4.69, 9.17) is 4.74 Å². The van der Waals surface area contributed by atoms with Gasteiger partial charge in [-0.1, -0.05) is 0 Å². The molecule has 1 rings (SSSR count). The van der Waals surface area contributed by atoms with Gasteiger partial charge in [0.1, 0.15) is 0 Å². The van der Waals surface area contributed by atoms with Crippen LogP contribution in [0.2, 0.25) is 0 Å². The molecule has 1 unspecified atom stereocenters. The fourth-order valence-electron chi connectivity index (χ4n) is 1.41. The van der Waals surface area contributed by atoms with E-state index < -0.39 is 0 Å². The lowest BCUT2D eigenvalue weighted by atomic mass is 9.96. The topological polar surface area (TPSA) is 29.5 Å². The van der Waals surface area contributed by atoms with Crippen molar-refractivity contribution in [1.82, 2.24) is 0 Å². The van der Waals surface area contributed by atoms with E-state index in [0.717, 1.165) is 32.5 Å². The summed E-state index contributed by atoms with van der Waals surface area (Å²) in [7, 11) is 0. The standard InChI is InChI=1S/C8H16O2/c1-7(9)8-3-2-5-10-6-4-8/h7-9H,2-6H2,1H3/t7-,8?/m1/s1. The van der Waals surface area contributed by atoms with Crippen LogP contribution in [0.1, 0.15) is 26.2 Å². The molecule has 0 aliphatic carbocycles. The van der Waals surface area contributed by atoms with E-state index in [1.165, 1.54) is 0 Å². The highest BCUT2D eigenvalue weighted by molar-refractivity contribution is 4.66. The Hall–Kier alpha value is -0.0800. The van der Waals surface area contributed by atoms with Crippen LogP contribution in [0.5, 0.6) is 0 Å². The second-order valence-electron chi connectivity index (χ2n) is 3.04. The third-order valence-corrected chi connectivity index (χ3v) is 2.18. The number of rotatable bonds is 1. The Morgan fingerprint density at radius 2 is 2.20 bits per heavy atom. The molecule has 1 N–H and O–H groups in total. The Bertz CT molecular complexity index is 83.3. The fraction of sp³-hybridized carbons (Fsp3) is 1.00. The zero-order valence-electron chi connectivity index (χ0n) is 6.55. The van der Waals surface area contributed by atoms with E-state index in [2.05, 4.69) is 0 Å². The largest absolute Gasteiger partial charge is 0.393 e. The van der Waals surface area contributed by atoms with E-state index in [0.29, 0.717) is 5.92 Å². The van der Waals surface area contributed by atoms with Gasteiger partial charge in [-0.3, -0.25) is 0 Å². The molecule has 0 spiro atoms. The summed E-state index contributed by atoms with van der Waals surface area (Å²) in [6.07, 6.45) is 3.10. The summed E-state index contributed by atoms with van der Waals surface area (Å²) in [6, 6.07) is 0. The van der Waals surface area contributed by atoms with Gasteiger partial charge in [0.2, 0.25) is 0 Å². The number of hydrogen-bond donors (Lipinski definition) is 1. The van der Waals surface area contributed by atoms with Crippen molar-refractivity contribution in [1.29, 1.82) is 0 Å². The first kappa shape index (κ1) is 8.02. The first-order valence-corrected chi connectivity index (χ1v) is 4.06. The van der Waals surface area contributed by atoms with E-state index in [-0.39, 0.29) is 6.10 Å². The molecule has 1 heterocycles. The van der Waals surface area contributed by atoms with E-state index in [1.807, 2.05) is 6.92 Å². The SMILES string of the molecule is C[C@@H](O)C1CCCOCC1. The summed E-state index contributed by atoms with van der Waals surface area (Å²) in [5.41, 5.74) is 0. The lowest BCUT2D eigenvalue weighted by Gasteiger charge is -2.15. The Morgan fingerprint density at radius 1 is 1.40 bits per heavy atom. The van der Waals surface area contributed by atoms with Crippen LogP contribution < -0.4 is 0 Å². The molecule has 0 bridgehead atoms. The van der Waals surface area contributed by atoms with E-state index in [1.54, 1.807) is 0 Å². The van der Waals surface area contributed by atoms with Crippen molar-refractivity contribution >= 4 is 0 Å². The molecular weight excluding hydrogens is 128 g/mol. The average molecular weight is 144 g/mol. The van der Waals surface area contributed by atoms with Gasteiger partial charge in [0.15, 0.2) is 0 Å². The molecular formula is C8H16O2. The van der Waals surface area contributed by atoms with Crippen LogP contribution in [0, 0.1) is 5.92 Å². The van der Waals surface area contributed by atoms with Crippen LogP contribution in [-0.2, 0) is 4.74 Å². The molecule has 0 aromatic heterocycles. The van der Waals surface area contributed by atoms with Gasteiger partial charge in [0.25, 0.3) is 0 Å². The highest BCUT2D eigenvalue weighted by Crippen LogP contribution is 2.18. The summed E-state index contributed by atoms with van der Waals surface area (Å²) in [5.74, 6) is 0.475. The van der Waals surface area contributed by atoms with Crippen LogP contribution >= 0.6 is 0 Å². The molecule has 2 heteroatoms. The minimum absolute atomic E-state index is 0.151. The van der Waals surface area contributed by atoms with Crippen LogP contribution in [0.4, 0.5) is 0 Å². The van der Waals surface area contributed by atoms with Crippen LogP contribution in [0.25, 0.3) is 0 Å². The van der Waals surface area contributed by atoms with Gasteiger partial charge in [-0.25, -0.2) is 0 Å². The van der Waals surface area contributed by atoms with Gasteiger partial charge in [0, 0.05) is 13.2 Å². The van der Waals surface area contributed by atoms with Gasteiger partial charge >= 0.3 is 0 Å². The molecule has 1 aliphatic heterocycles. The highest BCUT2D eigenvalue weighted by atomic mass is 16.5. The normalized spacial score (nSPS) is 31.2. The minimum atomic E-state index is -0.151. The van der Waals surface area contributed by atoms with Gasteiger partial charge in [0.05, 0.1) is 6.10 Å². The summed E-state index contributed by atoms with van der Waals surface area (Å²) < 4.78 is 5.26. The molecule has 0 aromatic rings. The zero-order chi connectivity index (χ0) is 7.40. The van der Waals surface area contributed by atoms with Crippen molar-refractivity contribution in [3.05, 3.63) is 0 Å². The van der Waals surface area contributed by atoms with E-state index in [9.17, 15) is 5.11 Å². The van der Waals surface area contributed by atoms with Gasteiger partial charge in [-0.05, 0) is 32.1 Å². The molecule has 1 saturated heterocycles. The highest BCUT2D eigenvalue weighted by Gasteiger charge is 2.16. The molecule has 0 saturated carbocycles. The average Bonchev–Trinajstić information content (AvgIpc) is 2.12. The summed E-state index contributed by atoms with van der Waals surface area (Å²) in [6.45, 7) is 3.58. The third kappa shape index (κ3) is 2.27. The Balaban J connectivity index is 2.28. The molecule has 60 valence electrons. The lowest BCUT2D eigenvalue weighted by molar-refractivity contribution is 0.102. The smallest absolute Gasteiger partial charge is 0.0541 e. The van der Waals surface area contributed by atoms with Crippen LogP contribution in [0.15, 0.2) is 0 Å². The third-order valence-electron chi connectivity index (χ3n) is 2.18. The number of aliphatic hydroxyl groups excluding tert-OH is 1. The number of ether oxygens (including phenoxy) is 1. The van der Waals surface area contributed by atoms with Crippen molar-refractivity contribution in [3.8, 4) is 0 Å². The van der Waals surface area contributed by atoms with Crippen LogP contribution in [-0.4, -0.2) is 24.4 Å². The number of aliphatic hydroxyl groups is 1. The summed E-state index contributed by atoms with van der Waals surface area (Å²) in [5, 5.41) is 9.25. The van der Waals surface area contributed by atoms with Crippen molar-refractivity contribution < 1.29 is 9.84 Å². The maximum atomic E-state index is 9.25. The maximum absolute atomic E-state index is 9.25. The first-order chi connectivity index (χ1) is 4.80. The zero-order valence-corrected chi connectivity index (χ0v) is 6.55. The number of hydrogen-bond acceptors (Lipinski definition) is 2. The fourth-order valence-corrected chi connectivity index (χ4v) is 1.41. The molecule has 1 fully saturated rings. The lowest BCUT2D eigenvalue weighted by Crippen LogP contribution is -2.16. The predicted octanol–water partition coefficient (Wildman–Crippen LogP) is 1.18. The van der Waals surface area contributed by atoms with Gasteiger partial charge in [-0.15, -0.1) is 0 Å².